The third kappa shape index (κ3) is 3.71. The molecule has 0 unspecified atom stereocenters. The van der Waals surface area contributed by atoms with Gasteiger partial charge in [0.05, 0.1) is 37.2 Å². The lowest BCUT2D eigenvalue weighted by Gasteiger charge is -2.35. The number of ketones is 1. The van der Waals surface area contributed by atoms with Crippen LogP contribution in [0.2, 0.25) is 0 Å². The summed E-state index contributed by atoms with van der Waals surface area (Å²) in [6.07, 6.45) is 3.24. The Hall–Kier alpha value is -3.83. The summed E-state index contributed by atoms with van der Waals surface area (Å²) in [5, 5.41) is 11.5. The maximum absolute atomic E-state index is 12.9. The summed E-state index contributed by atoms with van der Waals surface area (Å²) in [7, 11) is 1.27. The van der Waals surface area contributed by atoms with Crippen molar-refractivity contribution in [2.45, 2.75) is 20.3 Å². The number of hydrogen-bond acceptors (Lipinski definition) is 9. The number of nitrogens with one attached hydrogen (secondary N) is 1. The zero-order chi connectivity index (χ0) is 22.1. The molecule has 0 saturated carbocycles. The van der Waals surface area contributed by atoms with Crippen LogP contribution in [0.25, 0.3) is 5.65 Å². The maximum atomic E-state index is 12.9. The van der Waals surface area contributed by atoms with Gasteiger partial charge in [0.15, 0.2) is 17.2 Å². The largest absolute Gasteiger partial charge is 0.465 e. The fourth-order valence-corrected chi connectivity index (χ4v) is 3.85. The van der Waals surface area contributed by atoms with Crippen LogP contribution in [0.4, 0.5) is 5.82 Å². The topological polar surface area (TPSA) is 139 Å². The first-order valence-corrected chi connectivity index (χ1v) is 9.76. The van der Waals surface area contributed by atoms with E-state index in [0.717, 1.165) is 5.82 Å². The summed E-state index contributed by atoms with van der Waals surface area (Å²) in [4.78, 5) is 47.9. The number of Topliss-reactive ketones (excluding diaryl/α,β-unsaturated/α-hetero) is 1. The molecule has 0 atom stereocenters. The number of ether oxygens (including phenoxy) is 1. The smallest absolute Gasteiger partial charge is 0.339 e. The second-order valence-electron chi connectivity index (χ2n) is 7.29. The van der Waals surface area contributed by atoms with Gasteiger partial charge in [-0.2, -0.15) is 4.52 Å². The van der Waals surface area contributed by atoms with Crippen molar-refractivity contribution in [2.75, 3.05) is 38.2 Å². The Kier molecular flexibility index (Phi) is 5.36. The van der Waals surface area contributed by atoms with E-state index >= 15 is 0 Å². The van der Waals surface area contributed by atoms with Crippen LogP contribution in [0.5, 0.6) is 0 Å². The highest BCUT2D eigenvalue weighted by Crippen LogP contribution is 2.22. The Morgan fingerprint density at radius 3 is 2.58 bits per heavy atom. The first-order chi connectivity index (χ1) is 14.9. The lowest BCUT2D eigenvalue weighted by molar-refractivity contribution is -0.130. The Morgan fingerprint density at radius 1 is 1.16 bits per heavy atom. The molecule has 4 heterocycles. The molecule has 12 heteroatoms. The molecule has 3 aromatic rings. The van der Waals surface area contributed by atoms with Crippen LogP contribution in [-0.4, -0.2) is 85.9 Å². The van der Waals surface area contributed by atoms with Crippen LogP contribution in [0.1, 0.15) is 39.0 Å². The highest BCUT2D eigenvalue weighted by Gasteiger charge is 2.28. The predicted octanol–water partition coefficient (Wildman–Crippen LogP) is 0.0363. The lowest BCUT2D eigenvalue weighted by Crippen LogP contribution is -2.49. The van der Waals surface area contributed by atoms with Crippen LogP contribution in [0.3, 0.4) is 0 Å². The summed E-state index contributed by atoms with van der Waals surface area (Å²) in [6.45, 7) is 5.22. The molecule has 1 amide bonds. The van der Waals surface area contributed by atoms with Gasteiger partial charge in [0.1, 0.15) is 0 Å². The molecule has 31 heavy (non-hydrogen) atoms. The van der Waals surface area contributed by atoms with Gasteiger partial charge in [0, 0.05) is 38.8 Å². The molecule has 162 valence electrons. The van der Waals surface area contributed by atoms with Crippen molar-refractivity contribution in [3.8, 4) is 0 Å². The van der Waals surface area contributed by atoms with E-state index in [1.54, 1.807) is 28.7 Å². The first-order valence-electron chi connectivity index (χ1n) is 9.76. The van der Waals surface area contributed by atoms with Crippen LogP contribution in [-0.2, 0) is 16.0 Å². The highest BCUT2D eigenvalue weighted by atomic mass is 16.5. The molecular formula is C19H22N8O4. The molecule has 1 fully saturated rings. The fraction of sp³-hybridized carbons (Fsp3) is 0.421. The van der Waals surface area contributed by atoms with E-state index in [0.29, 0.717) is 48.8 Å². The molecule has 0 aromatic carbocycles. The van der Waals surface area contributed by atoms with Crippen LogP contribution in [0, 0.1) is 6.92 Å². The molecule has 12 nitrogen and oxygen atoms in total. The number of tetrazole rings is 1. The van der Waals surface area contributed by atoms with Crippen molar-refractivity contribution in [1.29, 1.82) is 0 Å². The number of esters is 1. The van der Waals surface area contributed by atoms with E-state index < -0.39 is 5.97 Å². The van der Waals surface area contributed by atoms with Crippen molar-refractivity contribution < 1.29 is 19.1 Å². The zero-order valence-corrected chi connectivity index (χ0v) is 17.5. The zero-order valence-electron chi connectivity index (χ0n) is 17.5. The molecule has 1 saturated heterocycles. The molecule has 1 N–H and O–H groups in total. The standard InChI is InChI=1S/C19H22N8O4/c1-11-17(19(30)31-3)13(21-18(11)12(2)28)8-16(29)26-6-4-25(5-7-26)15-10-20-9-14-22-23-24-27(14)15/h9-10,21H,4-8H2,1-3H3. The third-order valence-electron chi connectivity index (χ3n) is 5.44. The van der Waals surface area contributed by atoms with Crippen molar-refractivity contribution in [3.05, 3.63) is 34.9 Å². The minimum Gasteiger partial charge on any atom is -0.465 e. The Morgan fingerprint density at radius 2 is 1.90 bits per heavy atom. The quantitative estimate of drug-likeness (QED) is 0.442. The van der Waals surface area contributed by atoms with Crippen molar-refractivity contribution in [2.24, 2.45) is 0 Å². The van der Waals surface area contributed by atoms with E-state index in [2.05, 4.69) is 30.4 Å². The predicted molar refractivity (Wildman–Crippen MR) is 108 cm³/mol. The average Bonchev–Trinajstić information content (AvgIpc) is 3.37. The number of H-pyrrole nitrogens is 1. The molecular weight excluding hydrogens is 404 g/mol. The SMILES string of the molecule is COC(=O)c1c(CC(=O)N2CCN(c3cncc4nnnn34)CC2)[nH]c(C(C)=O)c1C. The number of aromatic nitrogens is 6. The minimum absolute atomic E-state index is 0.0251. The van der Waals surface area contributed by atoms with Crippen LogP contribution in [0.15, 0.2) is 12.4 Å². The molecule has 1 aliphatic heterocycles. The molecule has 4 rings (SSSR count). The number of piperazine rings is 1. The van der Waals surface area contributed by atoms with Crippen molar-refractivity contribution in [3.63, 3.8) is 0 Å². The number of fused-ring (bicyclic) bond motifs is 1. The summed E-state index contributed by atoms with van der Waals surface area (Å²) < 4.78 is 6.45. The number of rotatable bonds is 5. The van der Waals surface area contributed by atoms with Gasteiger partial charge in [0.2, 0.25) is 5.91 Å². The Labute approximate surface area is 177 Å². The summed E-state index contributed by atoms with van der Waals surface area (Å²) in [5.41, 5.74) is 2.00. The van der Waals surface area contributed by atoms with Gasteiger partial charge >= 0.3 is 5.97 Å². The summed E-state index contributed by atoms with van der Waals surface area (Å²) >= 11 is 0. The van der Waals surface area contributed by atoms with Gasteiger partial charge in [-0.25, -0.2) is 4.79 Å². The first kappa shape index (κ1) is 20.4. The number of nitrogens with zero attached hydrogens (tertiary/aromatic N) is 7. The number of carbonyl (C=O) groups is 3. The fourth-order valence-electron chi connectivity index (χ4n) is 3.85. The molecule has 0 aliphatic carbocycles. The molecule has 0 spiro atoms. The van der Waals surface area contributed by atoms with Crippen molar-refractivity contribution in [1.82, 2.24) is 34.9 Å². The van der Waals surface area contributed by atoms with E-state index in [1.165, 1.54) is 14.0 Å². The van der Waals surface area contributed by atoms with Gasteiger partial charge in [-0.15, -0.1) is 5.10 Å². The van der Waals surface area contributed by atoms with E-state index in [4.69, 9.17) is 4.74 Å². The molecule has 3 aromatic heterocycles. The number of aromatic amines is 1. The maximum Gasteiger partial charge on any atom is 0.339 e. The van der Waals surface area contributed by atoms with Gasteiger partial charge < -0.3 is 19.5 Å². The van der Waals surface area contributed by atoms with Gasteiger partial charge in [0.25, 0.3) is 0 Å². The molecule has 0 bridgehead atoms. The molecule has 1 aliphatic rings. The number of anilines is 1. The van der Waals surface area contributed by atoms with Crippen LogP contribution < -0.4 is 4.90 Å². The number of carbonyl (C=O) groups excluding carboxylic acids is 3. The van der Waals surface area contributed by atoms with Gasteiger partial charge in [-0.3, -0.25) is 14.6 Å². The highest BCUT2D eigenvalue weighted by molar-refractivity contribution is 6.01. The Bertz CT molecular complexity index is 1160. The normalized spacial score (nSPS) is 14.2. The third-order valence-corrected chi connectivity index (χ3v) is 5.44. The second kappa shape index (κ2) is 8.13. The Balaban J connectivity index is 1.47. The van der Waals surface area contributed by atoms with Gasteiger partial charge in [-0.1, -0.05) is 0 Å². The minimum atomic E-state index is -0.573. The van der Waals surface area contributed by atoms with E-state index in [-0.39, 0.29) is 23.7 Å². The van der Waals surface area contributed by atoms with Crippen molar-refractivity contribution >= 4 is 29.1 Å². The average molecular weight is 426 g/mol. The van der Waals surface area contributed by atoms with E-state index in [9.17, 15) is 14.4 Å². The number of hydrogen-bond donors (Lipinski definition) is 1. The monoisotopic (exact) mass is 426 g/mol. The van der Waals surface area contributed by atoms with Gasteiger partial charge in [-0.05, 0) is 22.9 Å². The summed E-state index contributed by atoms with van der Waals surface area (Å²) in [6, 6.07) is 0. The summed E-state index contributed by atoms with van der Waals surface area (Å²) in [5.74, 6) is -0.162. The number of methoxy groups -OCH3 is 1. The second-order valence-corrected chi connectivity index (χ2v) is 7.29. The van der Waals surface area contributed by atoms with Crippen LogP contribution >= 0.6 is 0 Å². The molecule has 0 radical (unpaired) electrons. The van der Waals surface area contributed by atoms with E-state index in [1.807, 2.05) is 0 Å². The number of amides is 1. The lowest BCUT2D eigenvalue weighted by atomic mass is 10.1.